The van der Waals surface area contributed by atoms with Crippen molar-refractivity contribution in [2.45, 2.75) is 0 Å². The van der Waals surface area contributed by atoms with E-state index in [1.807, 2.05) is 54.6 Å². The van der Waals surface area contributed by atoms with Gasteiger partial charge in [-0.05, 0) is 30.3 Å². The van der Waals surface area contributed by atoms with E-state index < -0.39 is 0 Å². The fourth-order valence-corrected chi connectivity index (χ4v) is 2.91. The first-order chi connectivity index (χ1) is 13.8. The zero-order valence-corrected chi connectivity index (χ0v) is 15.5. The summed E-state index contributed by atoms with van der Waals surface area (Å²) in [7, 11) is 3.24. The number of methoxy groups -OCH3 is 2. The number of hydrogen-bond acceptors (Lipinski definition) is 6. The van der Waals surface area contributed by atoms with Gasteiger partial charge < -0.3 is 9.47 Å². The summed E-state index contributed by atoms with van der Waals surface area (Å²) in [6.07, 6.45) is 3.40. The Labute approximate surface area is 162 Å². The standard InChI is InChI=1S/C21H19N5O2/c1-27-16-8-9-17(19(11-16)28-2)21-15(13-23-26-21)12-22-25-20-10-7-14-5-3-4-6-18(14)24-20/h3-13H,1-2H3,(H,23,26)(H,24,25)/b22-12-. The molecular formula is C21H19N5O2. The first kappa shape index (κ1) is 17.5. The van der Waals surface area contributed by atoms with Crippen LogP contribution in [0.5, 0.6) is 11.5 Å². The van der Waals surface area contributed by atoms with Gasteiger partial charge in [0, 0.05) is 22.6 Å². The highest BCUT2D eigenvalue weighted by atomic mass is 16.5. The molecule has 0 aliphatic rings. The summed E-state index contributed by atoms with van der Waals surface area (Å²) in [5, 5.41) is 12.5. The Morgan fingerprint density at radius 2 is 1.93 bits per heavy atom. The number of nitrogens with one attached hydrogen (secondary N) is 2. The Balaban J connectivity index is 1.57. The lowest BCUT2D eigenvalue weighted by atomic mass is 10.1. The zero-order chi connectivity index (χ0) is 19.3. The van der Waals surface area contributed by atoms with E-state index in [2.05, 4.69) is 25.7 Å². The minimum absolute atomic E-state index is 0.669. The van der Waals surface area contributed by atoms with Gasteiger partial charge >= 0.3 is 0 Å². The fraction of sp³-hybridized carbons (Fsp3) is 0.0952. The molecule has 0 unspecified atom stereocenters. The highest BCUT2D eigenvalue weighted by Crippen LogP contribution is 2.33. The topological polar surface area (TPSA) is 84.4 Å². The summed E-state index contributed by atoms with van der Waals surface area (Å²) >= 11 is 0. The Morgan fingerprint density at radius 3 is 2.79 bits per heavy atom. The number of H-pyrrole nitrogens is 1. The van der Waals surface area contributed by atoms with Crippen molar-refractivity contribution in [2.24, 2.45) is 5.10 Å². The summed E-state index contributed by atoms with van der Waals surface area (Å²) in [4.78, 5) is 4.54. The van der Waals surface area contributed by atoms with Gasteiger partial charge in [0.2, 0.25) is 0 Å². The minimum atomic E-state index is 0.669. The number of hydrogen-bond donors (Lipinski definition) is 2. The molecule has 0 saturated carbocycles. The van der Waals surface area contributed by atoms with Crippen molar-refractivity contribution >= 4 is 22.9 Å². The average molecular weight is 373 g/mol. The van der Waals surface area contributed by atoms with Crippen molar-refractivity contribution in [3.05, 3.63) is 66.4 Å². The van der Waals surface area contributed by atoms with E-state index in [1.165, 1.54) is 0 Å². The van der Waals surface area contributed by atoms with Gasteiger partial charge in [-0.2, -0.15) is 10.2 Å². The van der Waals surface area contributed by atoms with Gasteiger partial charge in [0.15, 0.2) is 0 Å². The molecule has 2 aromatic heterocycles. The third-order valence-corrected chi connectivity index (χ3v) is 4.33. The predicted octanol–water partition coefficient (Wildman–Crippen LogP) is 4.09. The number of rotatable bonds is 6. The fourth-order valence-electron chi connectivity index (χ4n) is 2.91. The molecule has 4 rings (SSSR count). The molecule has 0 aliphatic heterocycles. The molecule has 7 heteroatoms. The van der Waals surface area contributed by atoms with Crippen molar-refractivity contribution in [3.8, 4) is 22.8 Å². The summed E-state index contributed by atoms with van der Waals surface area (Å²) in [6, 6.07) is 17.5. The second-order valence-corrected chi connectivity index (χ2v) is 6.03. The molecule has 4 aromatic rings. The van der Waals surface area contributed by atoms with Gasteiger partial charge in [-0.15, -0.1) is 0 Å². The van der Waals surface area contributed by atoms with E-state index in [0.29, 0.717) is 11.6 Å². The Morgan fingerprint density at radius 1 is 1.04 bits per heavy atom. The molecule has 140 valence electrons. The van der Waals surface area contributed by atoms with E-state index in [0.717, 1.165) is 33.5 Å². The highest BCUT2D eigenvalue weighted by Gasteiger charge is 2.12. The number of pyridine rings is 1. The normalized spacial score (nSPS) is 11.1. The van der Waals surface area contributed by atoms with Crippen LogP contribution in [-0.2, 0) is 0 Å². The van der Waals surface area contributed by atoms with E-state index in [4.69, 9.17) is 9.47 Å². The van der Waals surface area contributed by atoms with Crippen LogP contribution in [-0.4, -0.2) is 35.6 Å². The van der Waals surface area contributed by atoms with Gasteiger partial charge in [-0.1, -0.05) is 18.2 Å². The number of hydrazone groups is 1. The number of benzene rings is 2. The molecular weight excluding hydrogens is 354 g/mol. The number of para-hydroxylation sites is 1. The number of fused-ring (bicyclic) bond motifs is 1. The van der Waals surface area contributed by atoms with Crippen LogP contribution in [0.2, 0.25) is 0 Å². The van der Waals surface area contributed by atoms with E-state index in [-0.39, 0.29) is 0 Å². The predicted molar refractivity (Wildman–Crippen MR) is 110 cm³/mol. The lowest BCUT2D eigenvalue weighted by molar-refractivity contribution is 0.395. The zero-order valence-electron chi connectivity index (χ0n) is 15.5. The molecule has 2 heterocycles. The summed E-state index contributed by atoms with van der Waals surface area (Å²) < 4.78 is 10.7. The van der Waals surface area contributed by atoms with Gasteiger partial charge in [0.05, 0.1) is 37.8 Å². The number of nitrogens with zero attached hydrogens (tertiary/aromatic N) is 3. The molecule has 0 bridgehead atoms. The first-order valence-electron chi connectivity index (χ1n) is 8.69. The molecule has 2 aromatic carbocycles. The van der Waals surface area contributed by atoms with Crippen LogP contribution in [0.25, 0.3) is 22.2 Å². The molecule has 0 atom stereocenters. The molecule has 0 radical (unpaired) electrons. The third kappa shape index (κ3) is 3.50. The second-order valence-electron chi connectivity index (χ2n) is 6.03. The smallest absolute Gasteiger partial charge is 0.146 e. The average Bonchev–Trinajstić information content (AvgIpc) is 3.21. The Kier molecular flexibility index (Phi) is 4.88. The number of anilines is 1. The van der Waals surface area contributed by atoms with Gasteiger partial charge in [0.1, 0.15) is 17.3 Å². The quantitative estimate of drug-likeness (QED) is 0.393. The molecule has 28 heavy (non-hydrogen) atoms. The SMILES string of the molecule is COc1ccc(-c2[nH]ncc2/C=N\Nc2ccc3ccccc3n2)c(OC)c1. The van der Waals surface area contributed by atoms with Crippen molar-refractivity contribution in [1.29, 1.82) is 0 Å². The number of aromatic amines is 1. The molecule has 0 amide bonds. The Hall–Kier alpha value is -3.87. The maximum Gasteiger partial charge on any atom is 0.146 e. The lowest BCUT2D eigenvalue weighted by Crippen LogP contribution is -1.95. The molecule has 0 fully saturated rings. The number of aromatic nitrogens is 3. The molecule has 0 spiro atoms. The van der Waals surface area contributed by atoms with Crippen LogP contribution in [0, 0.1) is 0 Å². The van der Waals surface area contributed by atoms with Crippen molar-refractivity contribution in [2.75, 3.05) is 19.6 Å². The van der Waals surface area contributed by atoms with Gasteiger partial charge in [-0.3, -0.25) is 10.5 Å². The first-order valence-corrected chi connectivity index (χ1v) is 8.69. The second kappa shape index (κ2) is 7.79. The number of ether oxygens (including phenoxy) is 2. The van der Waals surface area contributed by atoms with Crippen LogP contribution < -0.4 is 14.9 Å². The largest absolute Gasteiger partial charge is 0.497 e. The van der Waals surface area contributed by atoms with Gasteiger partial charge in [-0.25, -0.2) is 4.98 Å². The Bertz CT molecular complexity index is 1140. The third-order valence-electron chi connectivity index (χ3n) is 4.33. The summed E-state index contributed by atoms with van der Waals surface area (Å²) in [5.41, 5.74) is 6.36. The molecule has 2 N–H and O–H groups in total. The maximum atomic E-state index is 5.48. The van der Waals surface area contributed by atoms with Crippen molar-refractivity contribution in [1.82, 2.24) is 15.2 Å². The summed E-state index contributed by atoms with van der Waals surface area (Å²) in [5.74, 6) is 2.07. The van der Waals surface area contributed by atoms with Gasteiger partial charge in [0.25, 0.3) is 0 Å². The van der Waals surface area contributed by atoms with Crippen LogP contribution in [0.15, 0.2) is 65.9 Å². The lowest BCUT2D eigenvalue weighted by Gasteiger charge is -2.09. The minimum Gasteiger partial charge on any atom is -0.497 e. The monoisotopic (exact) mass is 373 g/mol. The van der Waals surface area contributed by atoms with E-state index in [1.54, 1.807) is 26.6 Å². The van der Waals surface area contributed by atoms with E-state index >= 15 is 0 Å². The van der Waals surface area contributed by atoms with Crippen LogP contribution >= 0.6 is 0 Å². The van der Waals surface area contributed by atoms with Crippen molar-refractivity contribution in [3.63, 3.8) is 0 Å². The van der Waals surface area contributed by atoms with Crippen LogP contribution in [0.3, 0.4) is 0 Å². The maximum absolute atomic E-state index is 5.48. The molecule has 7 nitrogen and oxygen atoms in total. The molecule has 0 aliphatic carbocycles. The summed E-state index contributed by atoms with van der Waals surface area (Å²) in [6.45, 7) is 0. The van der Waals surface area contributed by atoms with Crippen molar-refractivity contribution < 1.29 is 9.47 Å². The highest BCUT2D eigenvalue weighted by molar-refractivity contribution is 5.90. The van der Waals surface area contributed by atoms with Crippen LogP contribution in [0.4, 0.5) is 5.82 Å². The molecule has 0 saturated heterocycles. The van der Waals surface area contributed by atoms with E-state index in [9.17, 15) is 0 Å². The van der Waals surface area contributed by atoms with Crippen LogP contribution in [0.1, 0.15) is 5.56 Å².